The lowest BCUT2D eigenvalue weighted by Crippen LogP contribution is -2.28. The van der Waals surface area contributed by atoms with Crippen LogP contribution in [0, 0.1) is 23.7 Å². The molecule has 4 heteroatoms. The minimum Gasteiger partial charge on any atom is -0.281 e. The molecule has 0 spiro atoms. The van der Waals surface area contributed by atoms with Crippen LogP contribution in [0.1, 0.15) is 6.42 Å². The molecular weight excluding hydrogens is 211 g/mol. The summed E-state index contributed by atoms with van der Waals surface area (Å²) in [5, 5.41) is -0.869. The summed E-state index contributed by atoms with van der Waals surface area (Å²) < 4.78 is 0. The molecule has 0 heterocycles. The van der Waals surface area contributed by atoms with Gasteiger partial charge in [-0.05, 0) is 41.5 Å². The van der Waals surface area contributed by atoms with Crippen LogP contribution in [0.5, 0.6) is 0 Å². The Balaban J connectivity index is 2.30. The molecule has 2 aliphatic rings. The highest BCUT2D eigenvalue weighted by molar-refractivity contribution is 6.66. The van der Waals surface area contributed by atoms with E-state index < -0.39 is 10.5 Å². The zero-order chi connectivity index (χ0) is 9.59. The minimum absolute atomic E-state index is 0.127. The summed E-state index contributed by atoms with van der Waals surface area (Å²) in [4.78, 5) is 22.1. The molecule has 2 bridgehead atoms. The number of allylic oxidation sites excluding steroid dienone is 2. The summed E-state index contributed by atoms with van der Waals surface area (Å²) in [5.74, 6) is -0.520. The predicted molar refractivity (Wildman–Crippen MR) is 49.4 cm³/mol. The molecule has 4 atom stereocenters. The smallest absolute Gasteiger partial charge is 0.226 e. The Bertz CT molecular complexity index is 270. The van der Waals surface area contributed by atoms with Crippen LogP contribution >= 0.6 is 23.2 Å². The third-order valence-electron chi connectivity index (χ3n) is 2.98. The van der Waals surface area contributed by atoms with Gasteiger partial charge in [0.2, 0.25) is 10.5 Å². The molecular formula is C9H8Cl2O2. The lowest BCUT2D eigenvalue weighted by Gasteiger charge is -2.20. The van der Waals surface area contributed by atoms with Crippen LogP contribution in [0.2, 0.25) is 0 Å². The Kier molecular flexibility index (Phi) is 2.20. The van der Waals surface area contributed by atoms with E-state index in [-0.39, 0.29) is 23.7 Å². The molecule has 1 saturated carbocycles. The van der Waals surface area contributed by atoms with Crippen molar-refractivity contribution >= 4 is 33.7 Å². The maximum absolute atomic E-state index is 11.1. The maximum Gasteiger partial charge on any atom is 0.226 e. The van der Waals surface area contributed by atoms with Crippen LogP contribution in [-0.2, 0) is 9.59 Å². The first-order valence-electron chi connectivity index (χ1n) is 4.18. The number of fused-ring (bicyclic) bond motifs is 2. The third-order valence-corrected chi connectivity index (χ3v) is 3.49. The molecule has 2 nitrogen and oxygen atoms in total. The molecule has 0 aromatic carbocycles. The van der Waals surface area contributed by atoms with E-state index in [1.807, 2.05) is 12.2 Å². The van der Waals surface area contributed by atoms with Crippen molar-refractivity contribution in [1.82, 2.24) is 0 Å². The second kappa shape index (κ2) is 3.10. The van der Waals surface area contributed by atoms with Gasteiger partial charge in [-0.1, -0.05) is 12.2 Å². The lowest BCUT2D eigenvalue weighted by atomic mass is 9.85. The molecule has 1 fully saturated rings. The van der Waals surface area contributed by atoms with E-state index in [1.165, 1.54) is 0 Å². The van der Waals surface area contributed by atoms with Crippen molar-refractivity contribution in [2.24, 2.45) is 23.7 Å². The fourth-order valence-corrected chi connectivity index (χ4v) is 3.04. The molecule has 0 unspecified atom stereocenters. The fraction of sp³-hybridized carbons (Fsp3) is 0.556. The van der Waals surface area contributed by atoms with Crippen LogP contribution < -0.4 is 0 Å². The van der Waals surface area contributed by atoms with E-state index in [0.29, 0.717) is 0 Å². The number of halogens is 2. The number of rotatable bonds is 2. The van der Waals surface area contributed by atoms with Crippen molar-refractivity contribution in [2.45, 2.75) is 6.42 Å². The van der Waals surface area contributed by atoms with Crippen LogP contribution in [0.15, 0.2) is 12.2 Å². The molecule has 0 amide bonds. The summed E-state index contributed by atoms with van der Waals surface area (Å²) >= 11 is 10.9. The van der Waals surface area contributed by atoms with Crippen molar-refractivity contribution in [2.75, 3.05) is 0 Å². The van der Waals surface area contributed by atoms with Gasteiger partial charge in [-0.3, -0.25) is 9.59 Å². The molecule has 2 aliphatic carbocycles. The first-order valence-corrected chi connectivity index (χ1v) is 4.94. The number of hydrogen-bond donors (Lipinski definition) is 0. The SMILES string of the molecule is O=C(Cl)[C@@H]1[C@H](C(=O)Cl)[C@H]2C=C[C@H]1C2. The van der Waals surface area contributed by atoms with Gasteiger partial charge in [0.15, 0.2) is 0 Å². The molecule has 0 saturated heterocycles. The average Bonchev–Trinajstić information content (AvgIpc) is 2.60. The van der Waals surface area contributed by atoms with Gasteiger partial charge >= 0.3 is 0 Å². The summed E-state index contributed by atoms with van der Waals surface area (Å²) in [5.41, 5.74) is 0. The number of hydrogen-bond acceptors (Lipinski definition) is 2. The predicted octanol–water partition coefficient (Wildman–Crippen LogP) is 1.96. The van der Waals surface area contributed by atoms with E-state index in [9.17, 15) is 9.59 Å². The standard InChI is InChI=1S/C9H8Cl2O2/c10-8(12)6-4-1-2-5(3-4)7(6)9(11)13/h1-2,4-7H,3H2/t4-,5-,6-,7+/m0/s1. The summed E-state index contributed by atoms with van der Waals surface area (Å²) in [6.45, 7) is 0. The van der Waals surface area contributed by atoms with Gasteiger partial charge in [0.25, 0.3) is 0 Å². The van der Waals surface area contributed by atoms with Crippen molar-refractivity contribution in [3.05, 3.63) is 12.2 Å². The number of carbonyl (C=O) groups is 2. The molecule has 0 N–H and O–H groups in total. The van der Waals surface area contributed by atoms with Gasteiger partial charge in [-0.25, -0.2) is 0 Å². The normalized spacial score (nSPS) is 41.1. The van der Waals surface area contributed by atoms with Crippen molar-refractivity contribution in [3.8, 4) is 0 Å². The zero-order valence-electron chi connectivity index (χ0n) is 6.74. The van der Waals surface area contributed by atoms with E-state index in [4.69, 9.17) is 23.2 Å². The molecule has 13 heavy (non-hydrogen) atoms. The largest absolute Gasteiger partial charge is 0.281 e. The first-order chi connectivity index (χ1) is 6.11. The minimum atomic E-state index is -0.434. The molecule has 0 radical (unpaired) electrons. The Morgan fingerprint density at radius 2 is 1.38 bits per heavy atom. The van der Waals surface area contributed by atoms with Gasteiger partial charge in [0.05, 0.1) is 11.8 Å². The second-order valence-corrected chi connectivity index (χ2v) is 4.35. The molecule has 0 aromatic heterocycles. The Morgan fingerprint density at radius 1 is 1.00 bits per heavy atom. The first kappa shape index (κ1) is 9.22. The zero-order valence-corrected chi connectivity index (χ0v) is 8.26. The van der Waals surface area contributed by atoms with Gasteiger partial charge < -0.3 is 0 Å². The summed E-state index contributed by atoms with van der Waals surface area (Å²) in [6, 6.07) is 0. The van der Waals surface area contributed by atoms with E-state index in [0.717, 1.165) is 6.42 Å². The van der Waals surface area contributed by atoms with Gasteiger partial charge in [0.1, 0.15) is 0 Å². The van der Waals surface area contributed by atoms with Crippen molar-refractivity contribution in [3.63, 3.8) is 0 Å². The average molecular weight is 219 g/mol. The second-order valence-electron chi connectivity index (χ2n) is 3.61. The van der Waals surface area contributed by atoms with Gasteiger partial charge in [-0.2, -0.15) is 0 Å². The monoisotopic (exact) mass is 218 g/mol. The Hall–Kier alpha value is -0.340. The van der Waals surface area contributed by atoms with Crippen molar-refractivity contribution in [1.29, 1.82) is 0 Å². The summed E-state index contributed by atoms with van der Waals surface area (Å²) in [7, 11) is 0. The van der Waals surface area contributed by atoms with Crippen LogP contribution in [0.4, 0.5) is 0 Å². The number of carbonyl (C=O) groups excluding carboxylic acids is 2. The molecule has 0 aromatic rings. The van der Waals surface area contributed by atoms with E-state index >= 15 is 0 Å². The fourth-order valence-electron chi connectivity index (χ4n) is 2.44. The summed E-state index contributed by atoms with van der Waals surface area (Å²) in [6.07, 6.45) is 4.77. The van der Waals surface area contributed by atoms with Crippen LogP contribution in [0.3, 0.4) is 0 Å². The van der Waals surface area contributed by atoms with E-state index in [1.54, 1.807) is 0 Å². The molecule has 70 valence electrons. The molecule has 2 rings (SSSR count). The van der Waals surface area contributed by atoms with E-state index in [2.05, 4.69) is 0 Å². The third kappa shape index (κ3) is 1.32. The quantitative estimate of drug-likeness (QED) is 0.525. The highest BCUT2D eigenvalue weighted by Crippen LogP contribution is 2.49. The highest BCUT2D eigenvalue weighted by atomic mass is 35.5. The highest BCUT2D eigenvalue weighted by Gasteiger charge is 2.50. The Labute approximate surface area is 85.9 Å². The lowest BCUT2D eigenvalue weighted by molar-refractivity contribution is -0.124. The van der Waals surface area contributed by atoms with Gasteiger partial charge in [0, 0.05) is 0 Å². The van der Waals surface area contributed by atoms with Crippen molar-refractivity contribution < 1.29 is 9.59 Å². The van der Waals surface area contributed by atoms with Crippen LogP contribution in [-0.4, -0.2) is 10.5 Å². The van der Waals surface area contributed by atoms with Gasteiger partial charge in [-0.15, -0.1) is 0 Å². The Morgan fingerprint density at radius 3 is 1.69 bits per heavy atom. The molecule has 0 aliphatic heterocycles. The topological polar surface area (TPSA) is 34.1 Å². The van der Waals surface area contributed by atoms with Crippen LogP contribution in [0.25, 0.3) is 0 Å². The maximum atomic E-state index is 11.1.